The van der Waals surface area contributed by atoms with Gasteiger partial charge in [-0.15, -0.1) is 23.5 Å². The van der Waals surface area contributed by atoms with Crippen molar-refractivity contribution in [3.8, 4) is 11.5 Å². The highest BCUT2D eigenvalue weighted by atomic mass is 32.2. The normalized spacial score (nSPS) is 14.8. The fourth-order valence-electron chi connectivity index (χ4n) is 3.07. The van der Waals surface area contributed by atoms with Crippen LogP contribution in [0.4, 0.5) is 0 Å². The van der Waals surface area contributed by atoms with Crippen LogP contribution in [0.2, 0.25) is 0 Å². The van der Waals surface area contributed by atoms with Crippen LogP contribution < -0.4 is 9.47 Å². The lowest BCUT2D eigenvalue weighted by molar-refractivity contribution is 0.285. The van der Waals surface area contributed by atoms with Crippen molar-refractivity contribution in [2.75, 3.05) is 18.6 Å². The van der Waals surface area contributed by atoms with Crippen molar-refractivity contribution in [3.63, 3.8) is 0 Å². The maximum absolute atomic E-state index is 6.10. The SMILES string of the molecule is COc1cc(C2SCCS2)ccc1OCc1cccc2ccccc12. The summed E-state index contributed by atoms with van der Waals surface area (Å²) in [4.78, 5) is 0. The fraction of sp³-hybridized carbons (Fsp3) is 0.238. The molecule has 0 bridgehead atoms. The molecule has 25 heavy (non-hydrogen) atoms. The van der Waals surface area contributed by atoms with E-state index in [2.05, 4.69) is 54.6 Å². The maximum Gasteiger partial charge on any atom is 0.161 e. The summed E-state index contributed by atoms with van der Waals surface area (Å²) in [6.45, 7) is 0.532. The number of hydrogen-bond acceptors (Lipinski definition) is 4. The largest absolute Gasteiger partial charge is 0.493 e. The Morgan fingerprint density at radius 1 is 0.920 bits per heavy atom. The third kappa shape index (κ3) is 3.60. The number of rotatable bonds is 5. The van der Waals surface area contributed by atoms with Crippen molar-refractivity contribution in [3.05, 3.63) is 71.8 Å². The monoisotopic (exact) mass is 368 g/mol. The Labute approximate surface area is 156 Å². The van der Waals surface area contributed by atoms with Crippen LogP contribution >= 0.6 is 23.5 Å². The number of fused-ring (bicyclic) bond motifs is 1. The molecular weight excluding hydrogens is 348 g/mol. The summed E-state index contributed by atoms with van der Waals surface area (Å²) in [7, 11) is 1.71. The second-order valence-corrected chi connectivity index (χ2v) is 8.64. The van der Waals surface area contributed by atoms with E-state index in [4.69, 9.17) is 9.47 Å². The number of methoxy groups -OCH3 is 1. The highest BCUT2D eigenvalue weighted by Crippen LogP contribution is 2.47. The van der Waals surface area contributed by atoms with Gasteiger partial charge in [-0.25, -0.2) is 0 Å². The molecule has 1 aliphatic heterocycles. The molecule has 0 unspecified atom stereocenters. The third-order valence-corrected chi connectivity index (χ3v) is 7.45. The van der Waals surface area contributed by atoms with E-state index in [-0.39, 0.29) is 0 Å². The van der Waals surface area contributed by atoms with E-state index in [1.807, 2.05) is 29.6 Å². The quantitative estimate of drug-likeness (QED) is 0.557. The lowest BCUT2D eigenvalue weighted by Gasteiger charge is -2.15. The summed E-state index contributed by atoms with van der Waals surface area (Å²) >= 11 is 4.00. The van der Waals surface area contributed by atoms with E-state index in [9.17, 15) is 0 Å². The number of ether oxygens (including phenoxy) is 2. The van der Waals surface area contributed by atoms with E-state index in [1.165, 1.54) is 33.4 Å². The third-order valence-electron chi connectivity index (χ3n) is 4.34. The molecule has 4 heteroatoms. The van der Waals surface area contributed by atoms with Gasteiger partial charge < -0.3 is 9.47 Å². The molecule has 0 aromatic heterocycles. The minimum absolute atomic E-state index is 0.515. The molecule has 0 radical (unpaired) electrons. The number of thioether (sulfide) groups is 2. The van der Waals surface area contributed by atoms with E-state index in [0.29, 0.717) is 11.2 Å². The molecule has 4 rings (SSSR count). The zero-order chi connectivity index (χ0) is 17.1. The molecule has 0 N–H and O–H groups in total. The second-order valence-electron chi connectivity index (χ2n) is 5.91. The molecule has 3 aromatic rings. The van der Waals surface area contributed by atoms with Gasteiger partial charge in [-0.3, -0.25) is 0 Å². The van der Waals surface area contributed by atoms with Gasteiger partial charge in [0.15, 0.2) is 11.5 Å². The van der Waals surface area contributed by atoms with Gasteiger partial charge in [0.25, 0.3) is 0 Å². The molecule has 0 saturated carbocycles. The molecule has 2 nitrogen and oxygen atoms in total. The average Bonchev–Trinajstić information content (AvgIpc) is 3.21. The first-order chi connectivity index (χ1) is 12.3. The Kier molecular flexibility index (Phi) is 5.09. The van der Waals surface area contributed by atoms with Gasteiger partial charge in [0.05, 0.1) is 11.7 Å². The topological polar surface area (TPSA) is 18.5 Å². The van der Waals surface area contributed by atoms with Crippen molar-refractivity contribution in [1.82, 2.24) is 0 Å². The summed E-state index contributed by atoms with van der Waals surface area (Å²) in [5, 5.41) is 2.47. The minimum Gasteiger partial charge on any atom is -0.493 e. The Bertz CT molecular complexity index is 867. The molecule has 0 aliphatic carbocycles. The summed E-state index contributed by atoms with van der Waals surface area (Å²) in [5.74, 6) is 4.05. The summed E-state index contributed by atoms with van der Waals surface area (Å²) < 4.78 is 12.2. The first-order valence-electron chi connectivity index (χ1n) is 8.36. The lowest BCUT2D eigenvalue weighted by Crippen LogP contribution is -1.99. The Morgan fingerprint density at radius 2 is 1.72 bits per heavy atom. The van der Waals surface area contributed by atoms with Crippen LogP contribution in [0.15, 0.2) is 60.7 Å². The van der Waals surface area contributed by atoms with Crippen LogP contribution in [0.1, 0.15) is 15.7 Å². The molecule has 0 spiro atoms. The molecule has 1 fully saturated rings. The van der Waals surface area contributed by atoms with Gasteiger partial charge >= 0.3 is 0 Å². The minimum atomic E-state index is 0.515. The van der Waals surface area contributed by atoms with Crippen LogP contribution in [-0.4, -0.2) is 18.6 Å². The van der Waals surface area contributed by atoms with Crippen molar-refractivity contribution in [2.45, 2.75) is 11.2 Å². The highest BCUT2D eigenvalue weighted by Gasteiger charge is 2.20. The van der Waals surface area contributed by atoms with E-state index in [0.717, 1.165) is 11.5 Å². The molecule has 3 aromatic carbocycles. The molecule has 0 amide bonds. The van der Waals surface area contributed by atoms with Crippen molar-refractivity contribution >= 4 is 34.3 Å². The Balaban J connectivity index is 1.55. The molecule has 128 valence electrons. The van der Waals surface area contributed by atoms with Crippen LogP contribution in [-0.2, 0) is 6.61 Å². The molecule has 1 saturated heterocycles. The predicted octanol–water partition coefficient (Wildman–Crippen LogP) is 5.91. The first kappa shape index (κ1) is 16.7. The standard InChI is InChI=1S/C21H20O2S2/c1-22-20-13-16(21-24-11-12-25-21)9-10-19(20)23-14-17-7-4-6-15-5-2-3-8-18(15)17/h2-10,13,21H,11-12,14H2,1H3. The Morgan fingerprint density at radius 3 is 2.56 bits per heavy atom. The van der Waals surface area contributed by atoms with E-state index < -0.39 is 0 Å². The molecule has 0 atom stereocenters. The van der Waals surface area contributed by atoms with Gasteiger partial charge in [-0.05, 0) is 34.0 Å². The second kappa shape index (κ2) is 7.63. The molecular formula is C21H20O2S2. The Hall–Kier alpha value is -1.78. The van der Waals surface area contributed by atoms with Gasteiger partial charge in [-0.1, -0.05) is 48.5 Å². The van der Waals surface area contributed by atoms with Crippen LogP contribution in [0.25, 0.3) is 10.8 Å². The summed E-state index contributed by atoms with van der Waals surface area (Å²) in [6, 6.07) is 21.1. The predicted molar refractivity (Wildman–Crippen MR) is 109 cm³/mol. The maximum atomic E-state index is 6.10. The van der Waals surface area contributed by atoms with Crippen LogP contribution in [0.5, 0.6) is 11.5 Å². The number of benzene rings is 3. The van der Waals surface area contributed by atoms with E-state index >= 15 is 0 Å². The van der Waals surface area contributed by atoms with Crippen LogP contribution in [0.3, 0.4) is 0 Å². The van der Waals surface area contributed by atoms with Gasteiger partial charge in [0.2, 0.25) is 0 Å². The summed E-state index contributed by atoms with van der Waals surface area (Å²) in [5.41, 5.74) is 2.49. The average molecular weight is 369 g/mol. The smallest absolute Gasteiger partial charge is 0.161 e. The van der Waals surface area contributed by atoms with Crippen molar-refractivity contribution in [1.29, 1.82) is 0 Å². The van der Waals surface area contributed by atoms with Crippen LogP contribution in [0, 0.1) is 0 Å². The van der Waals surface area contributed by atoms with E-state index in [1.54, 1.807) is 7.11 Å². The molecule has 1 aliphatic rings. The van der Waals surface area contributed by atoms with Gasteiger partial charge in [-0.2, -0.15) is 0 Å². The zero-order valence-corrected chi connectivity index (χ0v) is 15.7. The highest BCUT2D eigenvalue weighted by molar-refractivity contribution is 8.19. The first-order valence-corrected chi connectivity index (χ1v) is 10.5. The zero-order valence-electron chi connectivity index (χ0n) is 14.1. The van der Waals surface area contributed by atoms with Crippen molar-refractivity contribution < 1.29 is 9.47 Å². The molecule has 1 heterocycles. The lowest BCUT2D eigenvalue weighted by atomic mass is 10.1. The number of hydrogen-bond donors (Lipinski definition) is 0. The van der Waals surface area contributed by atoms with Crippen molar-refractivity contribution in [2.24, 2.45) is 0 Å². The van der Waals surface area contributed by atoms with Gasteiger partial charge in [0, 0.05) is 11.5 Å². The van der Waals surface area contributed by atoms with Gasteiger partial charge in [0.1, 0.15) is 6.61 Å². The summed E-state index contributed by atoms with van der Waals surface area (Å²) in [6.07, 6.45) is 0. The fourth-order valence-corrected chi connectivity index (χ4v) is 5.91.